The van der Waals surface area contributed by atoms with Crippen molar-refractivity contribution in [3.8, 4) is 5.75 Å². The molecule has 0 unspecified atom stereocenters. The number of alkyl halides is 3. The minimum atomic E-state index is -4.28. The molecule has 0 aromatic heterocycles. The van der Waals surface area contributed by atoms with Gasteiger partial charge >= 0.3 is 12.1 Å². The molecule has 106 valence electrons. The van der Waals surface area contributed by atoms with Crippen molar-refractivity contribution in [2.24, 2.45) is 0 Å². The number of anilines is 1. The molecule has 1 aromatic rings. The summed E-state index contributed by atoms with van der Waals surface area (Å²) in [4.78, 5) is 11.4. The second kappa shape index (κ2) is 5.81. The predicted molar refractivity (Wildman–Crippen MR) is 63.1 cm³/mol. The first kappa shape index (κ1) is 15.1. The lowest BCUT2D eigenvalue weighted by atomic mass is 10.1. The fourth-order valence-corrected chi connectivity index (χ4v) is 1.41. The van der Waals surface area contributed by atoms with E-state index >= 15 is 0 Å². The summed E-state index contributed by atoms with van der Waals surface area (Å²) in [5, 5.41) is 0. The van der Waals surface area contributed by atoms with Crippen LogP contribution in [-0.4, -0.2) is 25.9 Å². The molecule has 0 bridgehead atoms. The van der Waals surface area contributed by atoms with E-state index in [0.29, 0.717) is 5.56 Å². The number of ether oxygens (including phenoxy) is 2. The van der Waals surface area contributed by atoms with Gasteiger partial charge in [0, 0.05) is 5.69 Å². The summed E-state index contributed by atoms with van der Waals surface area (Å²) in [5.74, 6) is -0.516. The maximum Gasteiger partial charge on any atom is 0.392 e. The monoisotopic (exact) mass is 277 g/mol. The highest BCUT2D eigenvalue weighted by molar-refractivity contribution is 5.96. The number of benzene rings is 1. The zero-order valence-electron chi connectivity index (χ0n) is 10.5. The van der Waals surface area contributed by atoms with Crippen molar-refractivity contribution < 1.29 is 27.4 Å². The third kappa shape index (κ3) is 4.35. The second-order valence-electron chi connectivity index (χ2n) is 3.91. The standard InChI is InChI=1S/C12H14F3NO3/c1-7-5-8(19-4-3-12(13,14)15)6-9(10(7)16)11(17)18-2/h5-6H,3-4,16H2,1-2H3. The molecule has 0 aliphatic carbocycles. The van der Waals surface area contributed by atoms with Gasteiger partial charge in [-0.3, -0.25) is 0 Å². The normalized spacial score (nSPS) is 11.2. The molecule has 7 heteroatoms. The van der Waals surface area contributed by atoms with E-state index < -0.39 is 25.2 Å². The molecule has 0 spiro atoms. The summed E-state index contributed by atoms with van der Waals surface area (Å²) in [6.45, 7) is 1.10. The summed E-state index contributed by atoms with van der Waals surface area (Å²) < 4.78 is 45.5. The molecular formula is C12H14F3NO3. The number of nitrogens with two attached hydrogens (primary N) is 1. The van der Waals surface area contributed by atoms with Crippen LogP contribution < -0.4 is 10.5 Å². The lowest BCUT2D eigenvalue weighted by Gasteiger charge is -2.12. The Balaban J connectivity index is 2.86. The van der Waals surface area contributed by atoms with Gasteiger partial charge in [0.2, 0.25) is 0 Å². The first-order valence-corrected chi connectivity index (χ1v) is 5.42. The molecule has 0 fully saturated rings. The largest absolute Gasteiger partial charge is 0.493 e. The topological polar surface area (TPSA) is 61.5 Å². The number of methoxy groups -OCH3 is 1. The molecule has 0 saturated carbocycles. The Hall–Kier alpha value is -1.92. The van der Waals surface area contributed by atoms with Gasteiger partial charge in [-0.15, -0.1) is 0 Å². The number of carbonyl (C=O) groups is 1. The summed E-state index contributed by atoms with van der Waals surface area (Å²) in [6, 6.07) is 2.74. The van der Waals surface area contributed by atoms with E-state index in [1.807, 2.05) is 0 Å². The molecule has 0 aliphatic heterocycles. The van der Waals surface area contributed by atoms with Gasteiger partial charge in [0.1, 0.15) is 5.75 Å². The minimum Gasteiger partial charge on any atom is -0.493 e. The molecule has 4 nitrogen and oxygen atoms in total. The van der Waals surface area contributed by atoms with Crippen LogP contribution in [0.2, 0.25) is 0 Å². The van der Waals surface area contributed by atoms with Crippen molar-refractivity contribution in [1.82, 2.24) is 0 Å². The second-order valence-corrected chi connectivity index (χ2v) is 3.91. The van der Waals surface area contributed by atoms with E-state index in [9.17, 15) is 18.0 Å². The Kier molecular flexibility index (Phi) is 4.63. The molecule has 1 rings (SSSR count). The lowest BCUT2D eigenvalue weighted by molar-refractivity contribution is -0.139. The van der Waals surface area contributed by atoms with E-state index in [4.69, 9.17) is 10.5 Å². The van der Waals surface area contributed by atoms with Crippen molar-refractivity contribution in [2.45, 2.75) is 19.5 Å². The SMILES string of the molecule is COC(=O)c1cc(OCCC(F)(F)F)cc(C)c1N. The summed E-state index contributed by atoms with van der Waals surface area (Å²) in [5.41, 5.74) is 6.51. The molecule has 0 saturated heterocycles. The first-order valence-electron chi connectivity index (χ1n) is 5.42. The van der Waals surface area contributed by atoms with Crippen LogP contribution in [0.4, 0.5) is 18.9 Å². The minimum absolute atomic E-state index is 0.0736. The highest BCUT2D eigenvalue weighted by atomic mass is 19.4. The molecule has 0 atom stereocenters. The van der Waals surface area contributed by atoms with Crippen LogP contribution in [0.3, 0.4) is 0 Å². The average molecular weight is 277 g/mol. The van der Waals surface area contributed by atoms with E-state index in [1.54, 1.807) is 6.92 Å². The van der Waals surface area contributed by atoms with Gasteiger partial charge in [-0.25, -0.2) is 4.79 Å². The summed E-state index contributed by atoms with van der Waals surface area (Å²) in [7, 11) is 1.19. The number of hydrogen-bond acceptors (Lipinski definition) is 4. The van der Waals surface area contributed by atoms with E-state index in [2.05, 4.69) is 4.74 Å². The Morgan fingerprint density at radius 2 is 2.00 bits per heavy atom. The van der Waals surface area contributed by atoms with Crippen LogP contribution in [0.15, 0.2) is 12.1 Å². The fraction of sp³-hybridized carbons (Fsp3) is 0.417. The van der Waals surface area contributed by atoms with Crippen LogP contribution in [-0.2, 0) is 4.74 Å². The molecule has 19 heavy (non-hydrogen) atoms. The molecule has 1 aromatic carbocycles. The highest BCUT2D eigenvalue weighted by Crippen LogP contribution is 2.26. The lowest BCUT2D eigenvalue weighted by Crippen LogP contribution is -2.13. The Bertz CT molecular complexity index is 472. The molecule has 0 radical (unpaired) electrons. The summed E-state index contributed by atoms with van der Waals surface area (Å²) >= 11 is 0. The van der Waals surface area contributed by atoms with Gasteiger partial charge in [0.25, 0.3) is 0 Å². The molecule has 2 N–H and O–H groups in total. The van der Waals surface area contributed by atoms with E-state index in [1.165, 1.54) is 19.2 Å². The van der Waals surface area contributed by atoms with Gasteiger partial charge in [0.05, 0.1) is 25.7 Å². The number of nitrogen functional groups attached to an aromatic ring is 1. The zero-order chi connectivity index (χ0) is 14.6. The van der Waals surface area contributed by atoms with E-state index in [0.717, 1.165) is 0 Å². The fourth-order valence-electron chi connectivity index (χ4n) is 1.41. The third-order valence-electron chi connectivity index (χ3n) is 2.42. The quantitative estimate of drug-likeness (QED) is 0.679. The molecular weight excluding hydrogens is 263 g/mol. The summed E-state index contributed by atoms with van der Waals surface area (Å²) in [6.07, 6.45) is -5.35. The Labute approximate surface area is 108 Å². The number of hydrogen-bond donors (Lipinski definition) is 1. The molecule has 0 heterocycles. The Morgan fingerprint density at radius 3 is 2.53 bits per heavy atom. The van der Waals surface area contributed by atoms with E-state index in [-0.39, 0.29) is 17.0 Å². The number of esters is 1. The van der Waals surface area contributed by atoms with Crippen molar-refractivity contribution in [1.29, 1.82) is 0 Å². The maximum atomic E-state index is 12.0. The molecule has 0 amide bonds. The van der Waals surface area contributed by atoms with Gasteiger partial charge in [-0.2, -0.15) is 13.2 Å². The van der Waals surface area contributed by atoms with Gasteiger partial charge < -0.3 is 15.2 Å². The first-order chi connectivity index (χ1) is 8.74. The molecule has 0 aliphatic rings. The Morgan fingerprint density at radius 1 is 1.37 bits per heavy atom. The zero-order valence-corrected chi connectivity index (χ0v) is 10.5. The smallest absolute Gasteiger partial charge is 0.392 e. The number of rotatable bonds is 4. The van der Waals surface area contributed by atoms with Crippen molar-refractivity contribution in [3.63, 3.8) is 0 Å². The van der Waals surface area contributed by atoms with Gasteiger partial charge in [-0.1, -0.05) is 0 Å². The van der Waals surface area contributed by atoms with Crippen LogP contribution in [0.1, 0.15) is 22.3 Å². The van der Waals surface area contributed by atoms with Crippen molar-refractivity contribution in [3.05, 3.63) is 23.3 Å². The van der Waals surface area contributed by atoms with Gasteiger partial charge in [0.15, 0.2) is 0 Å². The average Bonchev–Trinajstić information content (AvgIpc) is 2.30. The van der Waals surface area contributed by atoms with Crippen molar-refractivity contribution in [2.75, 3.05) is 19.5 Å². The third-order valence-corrected chi connectivity index (χ3v) is 2.42. The van der Waals surface area contributed by atoms with Crippen LogP contribution in [0, 0.1) is 6.92 Å². The van der Waals surface area contributed by atoms with Crippen molar-refractivity contribution >= 4 is 11.7 Å². The maximum absolute atomic E-state index is 12.0. The van der Waals surface area contributed by atoms with Gasteiger partial charge in [-0.05, 0) is 24.6 Å². The predicted octanol–water partition coefficient (Wildman–Crippen LogP) is 2.70. The van der Waals surface area contributed by atoms with Crippen LogP contribution >= 0.6 is 0 Å². The number of halogens is 3. The van der Waals surface area contributed by atoms with Crippen LogP contribution in [0.5, 0.6) is 5.75 Å². The number of carbonyl (C=O) groups excluding carboxylic acids is 1. The van der Waals surface area contributed by atoms with Crippen LogP contribution in [0.25, 0.3) is 0 Å². The number of aryl methyl sites for hydroxylation is 1. The highest BCUT2D eigenvalue weighted by Gasteiger charge is 2.27.